The van der Waals surface area contributed by atoms with E-state index in [4.69, 9.17) is 4.74 Å². The fraction of sp³-hybridized carbons (Fsp3) is 0.625. The molecular formula is C16H23NO2. The van der Waals surface area contributed by atoms with Gasteiger partial charge in [-0.25, -0.2) is 0 Å². The third-order valence-corrected chi connectivity index (χ3v) is 4.91. The van der Waals surface area contributed by atoms with Crippen LogP contribution in [-0.2, 0) is 6.54 Å². The third kappa shape index (κ3) is 2.57. The van der Waals surface area contributed by atoms with Crippen molar-refractivity contribution < 1.29 is 9.84 Å². The highest BCUT2D eigenvalue weighted by Crippen LogP contribution is 2.47. The lowest BCUT2D eigenvalue weighted by atomic mass is 9.89. The average molecular weight is 261 g/mol. The molecule has 3 rings (SSSR count). The van der Waals surface area contributed by atoms with Gasteiger partial charge in [-0.05, 0) is 49.6 Å². The number of ether oxygens (including phenoxy) is 1. The molecule has 0 saturated heterocycles. The van der Waals surface area contributed by atoms with Crippen molar-refractivity contribution in [2.24, 2.45) is 17.8 Å². The monoisotopic (exact) mass is 261 g/mol. The molecule has 2 fully saturated rings. The molecule has 0 spiro atoms. The SMILES string of the molecule is COc1cccc(CNCC2CC3CCC2C3)c1O. The Morgan fingerprint density at radius 2 is 2.21 bits per heavy atom. The van der Waals surface area contributed by atoms with Crippen LogP contribution in [-0.4, -0.2) is 18.8 Å². The number of hydrogen-bond acceptors (Lipinski definition) is 3. The molecule has 104 valence electrons. The van der Waals surface area contributed by atoms with Gasteiger partial charge >= 0.3 is 0 Å². The molecule has 2 saturated carbocycles. The Morgan fingerprint density at radius 3 is 2.89 bits per heavy atom. The summed E-state index contributed by atoms with van der Waals surface area (Å²) >= 11 is 0. The summed E-state index contributed by atoms with van der Waals surface area (Å²) in [5.74, 6) is 3.63. The van der Waals surface area contributed by atoms with E-state index in [0.29, 0.717) is 5.75 Å². The van der Waals surface area contributed by atoms with Gasteiger partial charge in [0.05, 0.1) is 7.11 Å². The van der Waals surface area contributed by atoms with Gasteiger partial charge in [-0.2, -0.15) is 0 Å². The number of nitrogens with one attached hydrogen (secondary N) is 1. The highest BCUT2D eigenvalue weighted by atomic mass is 16.5. The van der Waals surface area contributed by atoms with Crippen molar-refractivity contribution in [3.05, 3.63) is 23.8 Å². The van der Waals surface area contributed by atoms with Crippen LogP contribution in [0.3, 0.4) is 0 Å². The van der Waals surface area contributed by atoms with E-state index in [9.17, 15) is 5.11 Å². The second kappa shape index (κ2) is 5.41. The summed E-state index contributed by atoms with van der Waals surface area (Å²) in [6.07, 6.45) is 5.75. The van der Waals surface area contributed by atoms with Gasteiger partial charge in [0.2, 0.25) is 0 Å². The molecule has 0 aromatic heterocycles. The van der Waals surface area contributed by atoms with Crippen LogP contribution in [0.4, 0.5) is 0 Å². The first-order valence-electron chi connectivity index (χ1n) is 7.33. The molecule has 0 aliphatic heterocycles. The van der Waals surface area contributed by atoms with Crippen LogP contribution in [0.5, 0.6) is 11.5 Å². The van der Waals surface area contributed by atoms with Gasteiger partial charge in [0, 0.05) is 12.1 Å². The molecule has 0 heterocycles. The van der Waals surface area contributed by atoms with Crippen molar-refractivity contribution in [3.63, 3.8) is 0 Å². The molecule has 3 unspecified atom stereocenters. The molecule has 2 aliphatic rings. The van der Waals surface area contributed by atoms with Crippen LogP contribution in [0.2, 0.25) is 0 Å². The summed E-state index contributed by atoms with van der Waals surface area (Å²) in [5, 5.41) is 13.5. The molecule has 1 aromatic carbocycles. The Bertz CT molecular complexity index is 446. The maximum atomic E-state index is 10.0. The Kier molecular flexibility index (Phi) is 3.65. The van der Waals surface area contributed by atoms with Gasteiger partial charge in [0.25, 0.3) is 0 Å². The van der Waals surface area contributed by atoms with Gasteiger partial charge < -0.3 is 15.2 Å². The molecular weight excluding hydrogens is 238 g/mol. The maximum Gasteiger partial charge on any atom is 0.162 e. The lowest BCUT2D eigenvalue weighted by Crippen LogP contribution is -2.26. The summed E-state index contributed by atoms with van der Waals surface area (Å²) in [4.78, 5) is 0. The molecule has 2 bridgehead atoms. The average Bonchev–Trinajstić information content (AvgIpc) is 3.03. The first-order valence-corrected chi connectivity index (χ1v) is 7.33. The van der Waals surface area contributed by atoms with Gasteiger partial charge in [0.1, 0.15) is 0 Å². The van der Waals surface area contributed by atoms with Crippen molar-refractivity contribution in [2.75, 3.05) is 13.7 Å². The lowest BCUT2D eigenvalue weighted by Gasteiger charge is -2.22. The minimum atomic E-state index is 0.269. The molecule has 3 heteroatoms. The standard InChI is InChI=1S/C16H23NO2/c1-19-15-4-2-3-13(16(15)18)9-17-10-14-8-11-5-6-12(14)7-11/h2-4,11-12,14,17-18H,5-10H2,1H3. The van der Waals surface area contributed by atoms with Crippen molar-refractivity contribution in [1.29, 1.82) is 0 Å². The normalized spacial score (nSPS) is 28.8. The number of aromatic hydroxyl groups is 1. The van der Waals surface area contributed by atoms with Crippen LogP contribution in [0.15, 0.2) is 18.2 Å². The quantitative estimate of drug-likeness (QED) is 0.856. The highest BCUT2D eigenvalue weighted by Gasteiger charge is 2.38. The minimum Gasteiger partial charge on any atom is -0.504 e. The number of phenolic OH excluding ortho intramolecular Hbond substituents is 1. The van der Waals surface area contributed by atoms with E-state index in [1.165, 1.54) is 25.7 Å². The van der Waals surface area contributed by atoms with Gasteiger partial charge in [-0.15, -0.1) is 0 Å². The number of fused-ring (bicyclic) bond motifs is 2. The zero-order valence-corrected chi connectivity index (χ0v) is 11.6. The molecule has 3 atom stereocenters. The van der Waals surface area contributed by atoms with Gasteiger partial charge in [0.15, 0.2) is 11.5 Å². The van der Waals surface area contributed by atoms with Crippen LogP contribution in [0.25, 0.3) is 0 Å². The summed E-state index contributed by atoms with van der Waals surface area (Å²) in [6.45, 7) is 1.80. The minimum absolute atomic E-state index is 0.269. The number of para-hydroxylation sites is 1. The molecule has 1 aromatic rings. The smallest absolute Gasteiger partial charge is 0.162 e. The number of benzene rings is 1. The van der Waals surface area contributed by atoms with Crippen LogP contribution in [0.1, 0.15) is 31.2 Å². The number of rotatable bonds is 5. The number of phenols is 1. The second-order valence-electron chi connectivity index (χ2n) is 6.03. The molecule has 19 heavy (non-hydrogen) atoms. The summed E-state index contributed by atoms with van der Waals surface area (Å²) in [7, 11) is 1.58. The third-order valence-electron chi connectivity index (χ3n) is 4.91. The van der Waals surface area contributed by atoms with Crippen LogP contribution in [0, 0.1) is 17.8 Å². The molecule has 0 amide bonds. The lowest BCUT2D eigenvalue weighted by molar-refractivity contribution is 0.317. The van der Waals surface area contributed by atoms with Crippen LogP contribution >= 0.6 is 0 Å². The van der Waals surface area contributed by atoms with Crippen LogP contribution < -0.4 is 10.1 Å². The zero-order valence-electron chi connectivity index (χ0n) is 11.6. The largest absolute Gasteiger partial charge is 0.504 e. The van der Waals surface area contributed by atoms with E-state index in [1.54, 1.807) is 13.2 Å². The summed E-state index contributed by atoms with van der Waals surface area (Å²) in [5.41, 5.74) is 0.919. The molecule has 0 radical (unpaired) electrons. The van der Waals surface area contributed by atoms with E-state index >= 15 is 0 Å². The summed E-state index contributed by atoms with van der Waals surface area (Å²) < 4.78 is 5.13. The Hall–Kier alpha value is -1.22. The van der Waals surface area contributed by atoms with Crippen molar-refractivity contribution >= 4 is 0 Å². The van der Waals surface area contributed by atoms with E-state index in [-0.39, 0.29) is 5.75 Å². The van der Waals surface area contributed by atoms with Crippen molar-refractivity contribution in [3.8, 4) is 11.5 Å². The Labute approximate surface area is 115 Å². The first-order chi connectivity index (χ1) is 9.28. The van der Waals surface area contributed by atoms with E-state index in [0.717, 1.165) is 36.4 Å². The van der Waals surface area contributed by atoms with E-state index in [2.05, 4.69) is 5.32 Å². The molecule has 2 aliphatic carbocycles. The first kappa shape index (κ1) is 12.8. The van der Waals surface area contributed by atoms with Gasteiger partial charge in [-0.1, -0.05) is 18.6 Å². The maximum absolute atomic E-state index is 10.0. The molecule has 2 N–H and O–H groups in total. The van der Waals surface area contributed by atoms with Crippen molar-refractivity contribution in [2.45, 2.75) is 32.2 Å². The van der Waals surface area contributed by atoms with Crippen molar-refractivity contribution in [1.82, 2.24) is 5.32 Å². The topological polar surface area (TPSA) is 41.5 Å². The Balaban J connectivity index is 1.52. The summed E-state index contributed by atoms with van der Waals surface area (Å²) in [6, 6.07) is 5.66. The number of hydrogen-bond donors (Lipinski definition) is 2. The predicted molar refractivity (Wildman–Crippen MR) is 75.3 cm³/mol. The number of methoxy groups -OCH3 is 1. The van der Waals surface area contributed by atoms with E-state index in [1.807, 2.05) is 12.1 Å². The van der Waals surface area contributed by atoms with E-state index < -0.39 is 0 Å². The predicted octanol–water partition coefficient (Wildman–Crippen LogP) is 2.93. The highest BCUT2D eigenvalue weighted by molar-refractivity contribution is 5.45. The zero-order chi connectivity index (χ0) is 13.2. The fourth-order valence-electron chi connectivity index (χ4n) is 3.89. The Morgan fingerprint density at radius 1 is 1.32 bits per heavy atom. The molecule has 3 nitrogen and oxygen atoms in total. The second-order valence-corrected chi connectivity index (χ2v) is 6.03. The van der Waals surface area contributed by atoms with Gasteiger partial charge in [-0.3, -0.25) is 0 Å². The fourth-order valence-corrected chi connectivity index (χ4v) is 3.89.